The van der Waals surface area contributed by atoms with Gasteiger partial charge < -0.3 is 0 Å². The third kappa shape index (κ3) is 2.98. The van der Waals surface area contributed by atoms with Crippen LogP contribution in [0.1, 0.15) is 11.1 Å². The highest BCUT2D eigenvalue weighted by atomic mass is 16.6. The molecule has 1 aromatic heterocycles. The molecule has 2 rings (SSSR count). The highest BCUT2D eigenvalue weighted by Crippen LogP contribution is 2.14. The van der Waals surface area contributed by atoms with Crippen molar-refractivity contribution in [3.05, 3.63) is 70.0 Å². The fourth-order valence-electron chi connectivity index (χ4n) is 1.37. The zero-order chi connectivity index (χ0) is 12.1. The number of nitro groups is 1. The Morgan fingerprint density at radius 3 is 2.00 bits per heavy atom. The standard InChI is InChI=1S/C13H10N2O2/c16-15(17)13-5-3-11(4-6-13)1-2-12-7-9-14-10-8-12/h1-10H/b2-1+. The molecule has 0 aliphatic heterocycles. The molecule has 0 atom stereocenters. The quantitative estimate of drug-likeness (QED) is 0.596. The highest BCUT2D eigenvalue weighted by Gasteiger charge is 2.01. The van der Waals surface area contributed by atoms with E-state index in [-0.39, 0.29) is 5.69 Å². The third-order valence-electron chi connectivity index (χ3n) is 2.28. The second-order valence-corrected chi connectivity index (χ2v) is 3.46. The Morgan fingerprint density at radius 2 is 1.47 bits per heavy atom. The maximum absolute atomic E-state index is 10.5. The summed E-state index contributed by atoms with van der Waals surface area (Å²) in [5, 5.41) is 10.5. The molecule has 2 aromatic rings. The number of nitrogens with zero attached hydrogens (tertiary/aromatic N) is 2. The topological polar surface area (TPSA) is 56.0 Å². The number of non-ortho nitro benzene ring substituents is 1. The van der Waals surface area contributed by atoms with E-state index in [4.69, 9.17) is 0 Å². The van der Waals surface area contributed by atoms with E-state index in [1.54, 1.807) is 24.5 Å². The maximum Gasteiger partial charge on any atom is 0.269 e. The molecule has 84 valence electrons. The van der Waals surface area contributed by atoms with E-state index in [9.17, 15) is 10.1 Å². The van der Waals surface area contributed by atoms with Crippen molar-refractivity contribution in [2.75, 3.05) is 0 Å². The minimum Gasteiger partial charge on any atom is -0.265 e. The molecule has 0 aliphatic rings. The van der Waals surface area contributed by atoms with E-state index >= 15 is 0 Å². The minimum absolute atomic E-state index is 0.103. The van der Waals surface area contributed by atoms with E-state index in [0.29, 0.717) is 0 Å². The van der Waals surface area contributed by atoms with Gasteiger partial charge in [-0.3, -0.25) is 15.1 Å². The Balaban J connectivity index is 2.14. The lowest BCUT2D eigenvalue weighted by Crippen LogP contribution is -1.86. The minimum atomic E-state index is -0.406. The van der Waals surface area contributed by atoms with Crippen molar-refractivity contribution in [1.29, 1.82) is 0 Å². The molecule has 0 unspecified atom stereocenters. The average molecular weight is 226 g/mol. The van der Waals surface area contributed by atoms with Crippen molar-refractivity contribution in [3.8, 4) is 0 Å². The molecule has 4 heteroatoms. The van der Waals surface area contributed by atoms with Gasteiger partial charge in [0.2, 0.25) is 0 Å². The first kappa shape index (κ1) is 11.0. The summed E-state index contributed by atoms with van der Waals surface area (Å²) in [5.41, 5.74) is 2.07. The van der Waals surface area contributed by atoms with E-state index in [2.05, 4.69) is 4.98 Å². The summed E-state index contributed by atoms with van der Waals surface area (Å²) in [5.74, 6) is 0. The van der Waals surface area contributed by atoms with E-state index in [1.807, 2.05) is 24.3 Å². The molecule has 0 saturated carbocycles. The van der Waals surface area contributed by atoms with Gasteiger partial charge in [0, 0.05) is 24.5 Å². The van der Waals surface area contributed by atoms with Crippen LogP contribution in [0.4, 0.5) is 5.69 Å². The summed E-state index contributed by atoms with van der Waals surface area (Å²) in [4.78, 5) is 14.0. The third-order valence-corrected chi connectivity index (χ3v) is 2.28. The lowest BCUT2D eigenvalue weighted by atomic mass is 10.1. The molecule has 0 bridgehead atoms. The molecule has 0 saturated heterocycles. The molecule has 1 heterocycles. The van der Waals surface area contributed by atoms with Crippen molar-refractivity contribution in [3.63, 3.8) is 0 Å². The SMILES string of the molecule is O=[N+]([O-])c1ccc(/C=C/c2ccncc2)cc1. The molecule has 0 radical (unpaired) electrons. The molecule has 1 aromatic carbocycles. The van der Waals surface area contributed by atoms with E-state index in [1.165, 1.54) is 12.1 Å². The van der Waals surface area contributed by atoms with Gasteiger partial charge in [0.25, 0.3) is 5.69 Å². The van der Waals surface area contributed by atoms with Gasteiger partial charge >= 0.3 is 0 Å². The van der Waals surface area contributed by atoms with Crippen LogP contribution in [0.3, 0.4) is 0 Å². The number of rotatable bonds is 3. The fourth-order valence-corrected chi connectivity index (χ4v) is 1.37. The maximum atomic E-state index is 10.5. The Labute approximate surface area is 98.4 Å². The monoisotopic (exact) mass is 226 g/mol. The second-order valence-electron chi connectivity index (χ2n) is 3.46. The van der Waals surface area contributed by atoms with Crippen LogP contribution in [0.25, 0.3) is 12.2 Å². The van der Waals surface area contributed by atoms with Crippen LogP contribution in [0, 0.1) is 10.1 Å². The Hall–Kier alpha value is -2.49. The van der Waals surface area contributed by atoms with Gasteiger partial charge in [0.1, 0.15) is 0 Å². The molecule has 17 heavy (non-hydrogen) atoms. The second kappa shape index (κ2) is 5.03. The van der Waals surface area contributed by atoms with Crippen LogP contribution < -0.4 is 0 Å². The summed E-state index contributed by atoms with van der Waals surface area (Å²) in [6, 6.07) is 10.2. The Morgan fingerprint density at radius 1 is 0.941 bits per heavy atom. The molecule has 0 amide bonds. The predicted octanol–water partition coefficient (Wildman–Crippen LogP) is 3.16. The number of hydrogen-bond donors (Lipinski definition) is 0. The normalized spacial score (nSPS) is 10.6. The van der Waals surface area contributed by atoms with Crippen LogP contribution in [0.5, 0.6) is 0 Å². The van der Waals surface area contributed by atoms with Crippen molar-refractivity contribution < 1.29 is 4.92 Å². The van der Waals surface area contributed by atoms with Gasteiger partial charge in [-0.15, -0.1) is 0 Å². The van der Waals surface area contributed by atoms with E-state index < -0.39 is 4.92 Å². The van der Waals surface area contributed by atoms with Gasteiger partial charge in [-0.05, 0) is 35.4 Å². The van der Waals surface area contributed by atoms with Crippen LogP contribution >= 0.6 is 0 Å². The molecule has 0 fully saturated rings. The van der Waals surface area contributed by atoms with Gasteiger partial charge in [0.15, 0.2) is 0 Å². The zero-order valence-corrected chi connectivity index (χ0v) is 8.98. The van der Waals surface area contributed by atoms with E-state index in [0.717, 1.165) is 11.1 Å². The number of pyridine rings is 1. The first-order valence-corrected chi connectivity index (χ1v) is 5.08. The molecule has 4 nitrogen and oxygen atoms in total. The Bertz CT molecular complexity index is 533. The zero-order valence-electron chi connectivity index (χ0n) is 8.98. The number of nitro benzene ring substituents is 1. The molecule has 0 N–H and O–H groups in total. The smallest absolute Gasteiger partial charge is 0.265 e. The lowest BCUT2D eigenvalue weighted by Gasteiger charge is -1.94. The number of aromatic nitrogens is 1. The summed E-state index contributed by atoms with van der Waals surface area (Å²) in [6.07, 6.45) is 7.27. The van der Waals surface area contributed by atoms with Crippen molar-refractivity contribution >= 4 is 17.8 Å². The van der Waals surface area contributed by atoms with Crippen molar-refractivity contribution in [2.24, 2.45) is 0 Å². The lowest BCUT2D eigenvalue weighted by molar-refractivity contribution is -0.384. The van der Waals surface area contributed by atoms with Crippen molar-refractivity contribution in [2.45, 2.75) is 0 Å². The largest absolute Gasteiger partial charge is 0.269 e. The van der Waals surface area contributed by atoms with Crippen LogP contribution in [0.15, 0.2) is 48.8 Å². The van der Waals surface area contributed by atoms with Gasteiger partial charge in [-0.1, -0.05) is 12.2 Å². The summed E-state index contributed by atoms with van der Waals surface area (Å²) >= 11 is 0. The van der Waals surface area contributed by atoms with Gasteiger partial charge in [-0.25, -0.2) is 0 Å². The fraction of sp³-hybridized carbons (Fsp3) is 0. The molecular weight excluding hydrogens is 216 g/mol. The van der Waals surface area contributed by atoms with Crippen LogP contribution in [0.2, 0.25) is 0 Å². The van der Waals surface area contributed by atoms with Crippen LogP contribution in [-0.4, -0.2) is 9.91 Å². The predicted molar refractivity (Wildman–Crippen MR) is 66.3 cm³/mol. The molecule has 0 aliphatic carbocycles. The van der Waals surface area contributed by atoms with Crippen molar-refractivity contribution in [1.82, 2.24) is 4.98 Å². The Kier molecular flexibility index (Phi) is 3.25. The highest BCUT2D eigenvalue weighted by molar-refractivity contribution is 5.69. The first-order valence-electron chi connectivity index (χ1n) is 5.08. The summed E-state index contributed by atoms with van der Waals surface area (Å²) < 4.78 is 0. The number of benzene rings is 1. The first-order chi connectivity index (χ1) is 8.25. The molecule has 0 spiro atoms. The molecular formula is C13H10N2O2. The number of hydrogen-bond acceptors (Lipinski definition) is 3. The average Bonchev–Trinajstić information content (AvgIpc) is 2.38. The summed E-state index contributed by atoms with van der Waals surface area (Å²) in [6.45, 7) is 0. The van der Waals surface area contributed by atoms with Crippen LogP contribution in [-0.2, 0) is 0 Å². The van der Waals surface area contributed by atoms with Gasteiger partial charge in [0.05, 0.1) is 4.92 Å². The summed E-state index contributed by atoms with van der Waals surface area (Å²) in [7, 11) is 0. The van der Waals surface area contributed by atoms with Gasteiger partial charge in [-0.2, -0.15) is 0 Å².